The third-order valence-electron chi connectivity index (χ3n) is 6.05. The molecule has 1 saturated heterocycles. The van der Waals surface area contributed by atoms with Crippen LogP contribution in [0.2, 0.25) is 0 Å². The standard InChI is InChI=1S/C26H31N5O/c1-17(2)24-12-20(8-9-27-24)26(32)30-22-14-23(18(3)29-16-22)21-13-25(19(4)28-15-21)31-10-6-5-7-11-31/h8-9,12-17H,5-7,10-11H2,1-4H3,(H,30,32). The van der Waals surface area contributed by atoms with Crippen LogP contribution in [0, 0.1) is 13.8 Å². The van der Waals surface area contributed by atoms with Crippen molar-refractivity contribution in [3.63, 3.8) is 0 Å². The molecule has 166 valence electrons. The third kappa shape index (κ3) is 4.79. The first-order valence-corrected chi connectivity index (χ1v) is 11.4. The van der Waals surface area contributed by atoms with Gasteiger partial charge in [-0.1, -0.05) is 13.8 Å². The van der Waals surface area contributed by atoms with Crippen LogP contribution >= 0.6 is 0 Å². The number of aromatic nitrogens is 3. The zero-order valence-electron chi connectivity index (χ0n) is 19.4. The molecule has 1 aliphatic rings. The minimum absolute atomic E-state index is 0.165. The summed E-state index contributed by atoms with van der Waals surface area (Å²) in [7, 11) is 0. The number of anilines is 2. The Hall–Kier alpha value is -3.28. The number of nitrogens with one attached hydrogen (secondary N) is 1. The van der Waals surface area contributed by atoms with E-state index in [-0.39, 0.29) is 11.8 Å². The van der Waals surface area contributed by atoms with E-state index < -0.39 is 0 Å². The van der Waals surface area contributed by atoms with Gasteiger partial charge < -0.3 is 10.2 Å². The van der Waals surface area contributed by atoms with Crippen LogP contribution in [-0.2, 0) is 0 Å². The van der Waals surface area contributed by atoms with Crippen LogP contribution < -0.4 is 10.2 Å². The Bertz CT molecular complexity index is 1120. The first-order valence-electron chi connectivity index (χ1n) is 11.4. The van der Waals surface area contributed by atoms with Gasteiger partial charge in [0, 0.05) is 53.6 Å². The van der Waals surface area contributed by atoms with Crippen molar-refractivity contribution >= 4 is 17.3 Å². The molecule has 6 heteroatoms. The molecule has 0 atom stereocenters. The van der Waals surface area contributed by atoms with E-state index in [1.54, 1.807) is 18.5 Å². The van der Waals surface area contributed by atoms with Gasteiger partial charge in [-0.15, -0.1) is 0 Å². The van der Waals surface area contributed by atoms with Crippen molar-refractivity contribution in [1.82, 2.24) is 15.0 Å². The van der Waals surface area contributed by atoms with Gasteiger partial charge in [0.25, 0.3) is 5.91 Å². The lowest BCUT2D eigenvalue weighted by atomic mass is 10.0. The molecular formula is C26H31N5O. The second-order valence-electron chi connectivity index (χ2n) is 8.81. The lowest BCUT2D eigenvalue weighted by Crippen LogP contribution is -2.30. The highest BCUT2D eigenvalue weighted by Crippen LogP contribution is 2.31. The molecule has 3 aromatic rings. The molecule has 4 rings (SSSR count). The molecule has 0 saturated carbocycles. The Balaban J connectivity index is 1.61. The molecule has 6 nitrogen and oxygen atoms in total. The minimum Gasteiger partial charge on any atom is -0.370 e. The van der Waals surface area contributed by atoms with Crippen LogP contribution in [0.1, 0.15) is 66.5 Å². The van der Waals surface area contributed by atoms with Gasteiger partial charge in [0.05, 0.1) is 23.3 Å². The highest BCUT2D eigenvalue weighted by molar-refractivity contribution is 6.04. The van der Waals surface area contributed by atoms with Crippen LogP contribution in [-0.4, -0.2) is 33.9 Å². The van der Waals surface area contributed by atoms with Gasteiger partial charge in [0.1, 0.15) is 0 Å². The van der Waals surface area contributed by atoms with E-state index in [1.807, 2.05) is 25.3 Å². The van der Waals surface area contributed by atoms with Crippen molar-refractivity contribution in [2.75, 3.05) is 23.3 Å². The van der Waals surface area contributed by atoms with Crippen LogP contribution in [0.5, 0.6) is 0 Å². The van der Waals surface area contributed by atoms with Crippen LogP contribution in [0.3, 0.4) is 0 Å². The maximum atomic E-state index is 12.8. The van der Waals surface area contributed by atoms with Crippen molar-refractivity contribution in [2.24, 2.45) is 0 Å². The summed E-state index contributed by atoms with van der Waals surface area (Å²) in [6.45, 7) is 10.3. The van der Waals surface area contributed by atoms with Crippen LogP contribution in [0.25, 0.3) is 11.1 Å². The number of hydrogen-bond donors (Lipinski definition) is 1. The van der Waals surface area contributed by atoms with Gasteiger partial charge in [-0.2, -0.15) is 0 Å². The Morgan fingerprint density at radius 1 is 0.969 bits per heavy atom. The maximum Gasteiger partial charge on any atom is 0.255 e. The topological polar surface area (TPSA) is 71.0 Å². The number of carbonyl (C=O) groups is 1. The number of rotatable bonds is 5. The molecule has 1 N–H and O–H groups in total. The highest BCUT2D eigenvalue weighted by Gasteiger charge is 2.16. The van der Waals surface area contributed by atoms with Crippen molar-refractivity contribution in [2.45, 2.75) is 52.9 Å². The molecule has 0 spiro atoms. The second kappa shape index (κ2) is 9.47. The molecule has 0 bridgehead atoms. The molecule has 3 aromatic heterocycles. The van der Waals surface area contributed by atoms with Crippen LogP contribution in [0.4, 0.5) is 11.4 Å². The summed E-state index contributed by atoms with van der Waals surface area (Å²) in [4.78, 5) is 28.8. The maximum absolute atomic E-state index is 12.8. The SMILES string of the molecule is Cc1ncc(NC(=O)c2ccnc(C(C)C)c2)cc1-c1cnc(C)c(N2CCCCC2)c1. The van der Waals surface area contributed by atoms with Crippen molar-refractivity contribution in [1.29, 1.82) is 0 Å². The largest absolute Gasteiger partial charge is 0.370 e. The average Bonchev–Trinajstić information content (AvgIpc) is 2.81. The fourth-order valence-electron chi connectivity index (χ4n) is 4.13. The first-order chi connectivity index (χ1) is 15.4. The smallest absolute Gasteiger partial charge is 0.255 e. The lowest BCUT2D eigenvalue weighted by molar-refractivity contribution is 0.102. The summed E-state index contributed by atoms with van der Waals surface area (Å²) < 4.78 is 0. The Kier molecular flexibility index (Phi) is 6.49. The number of nitrogens with zero attached hydrogens (tertiary/aromatic N) is 4. The van der Waals surface area contributed by atoms with Gasteiger partial charge in [-0.25, -0.2) is 0 Å². The molecule has 0 radical (unpaired) electrons. The molecule has 0 aromatic carbocycles. The van der Waals surface area contributed by atoms with E-state index in [9.17, 15) is 4.79 Å². The minimum atomic E-state index is -0.165. The Morgan fingerprint density at radius 3 is 2.47 bits per heavy atom. The highest BCUT2D eigenvalue weighted by atomic mass is 16.1. The van der Waals surface area contributed by atoms with E-state index in [1.165, 1.54) is 24.9 Å². The normalized spacial score (nSPS) is 14.0. The first kappa shape index (κ1) is 21.9. The van der Waals surface area contributed by atoms with Crippen molar-refractivity contribution in [3.05, 3.63) is 65.5 Å². The van der Waals surface area contributed by atoms with E-state index in [2.05, 4.69) is 52.0 Å². The number of pyridine rings is 3. The number of carbonyl (C=O) groups excluding carboxylic acids is 1. The molecule has 1 aliphatic heterocycles. The van der Waals surface area contributed by atoms with Gasteiger partial charge in [-0.05, 0) is 63.3 Å². The second-order valence-corrected chi connectivity index (χ2v) is 8.81. The predicted molar refractivity (Wildman–Crippen MR) is 129 cm³/mol. The summed E-state index contributed by atoms with van der Waals surface area (Å²) in [5.41, 5.74) is 7.29. The fraction of sp³-hybridized carbons (Fsp3) is 0.385. The number of hydrogen-bond acceptors (Lipinski definition) is 5. The summed E-state index contributed by atoms with van der Waals surface area (Å²) in [6.07, 6.45) is 9.02. The zero-order chi connectivity index (χ0) is 22.7. The summed E-state index contributed by atoms with van der Waals surface area (Å²) in [6, 6.07) is 7.77. The lowest BCUT2D eigenvalue weighted by Gasteiger charge is -2.30. The summed E-state index contributed by atoms with van der Waals surface area (Å²) in [5, 5.41) is 2.99. The van der Waals surface area contributed by atoms with E-state index in [0.29, 0.717) is 11.3 Å². The molecular weight excluding hydrogens is 398 g/mol. The summed E-state index contributed by atoms with van der Waals surface area (Å²) >= 11 is 0. The van der Waals surface area contributed by atoms with Gasteiger partial charge in [0.15, 0.2) is 0 Å². The van der Waals surface area contributed by atoms with Gasteiger partial charge in [0.2, 0.25) is 0 Å². The Labute approximate surface area is 190 Å². The Morgan fingerprint density at radius 2 is 1.72 bits per heavy atom. The molecule has 4 heterocycles. The van der Waals surface area contributed by atoms with Gasteiger partial charge >= 0.3 is 0 Å². The van der Waals surface area contributed by atoms with E-state index in [0.717, 1.165) is 41.3 Å². The van der Waals surface area contributed by atoms with E-state index in [4.69, 9.17) is 0 Å². The quantitative estimate of drug-likeness (QED) is 0.578. The average molecular weight is 430 g/mol. The van der Waals surface area contributed by atoms with E-state index >= 15 is 0 Å². The summed E-state index contributed by atoms with van der Waals surface area (Å²) in [5.74, 6) is 0.0977. The molecule has 0 unspecified atom stereocenters. The number of aryl methyl sites for hydroxylation is 2. The molecule has 1 fully saturated rings. The number of amides is 1. The number of piperidine rings is 1. The third-order valence-corrected chi connectivity index (χ3v) is 6.05. The zero-order valence-corrected chi connectivity index (χ0v) is 19.4. The molecule has 1 amide bonds. The van der Waals surface area contributed by atoms with Crippen molar-refractivity contribution in [3.8, 4) is 11.1 Å². The molecule has 0 aliphatic carbocycles. The van der Waals surface area contributed by atoms with Gasteiger partial charge in [-0.3, -0.25) is 19.7 Å². The monoisotopic (exact) mass is 429 g/mol. The fourth-order valence-corrected chi connectivity index (χ4v) is 4.13. The van der Waals surface area contributed by atoms with Crippen molar-refractivity contribution < 1.29 is 4.79 Å². The molecule has 32 heavy (non-hydrogen) atoms. The van der Waals surface area contributed by atoms with Crippen LogP contribution in [0.15, 0.2) is 42.9 Å². The predicted octanol–water partition coefficient (Wildman–Crippen LogP) is 5.52.